The first kappa shape index (κ1) is 21.1. The number of amides is 3. The Labute approximate surface area is 165 Å². The quantitative estimate of drug-likeness (QED) is 0.683. The van der Waals surface area contributed by atoms with Crippen LogP contribution < -0.4 is 16.8 Å². The lowest BCUT2D eigenvalue weighted by atomic mass is 10.1. The van der Waals surface area contributed by atoms with Gasteiger partial charge in [0.1, 0.15) is 5.60 Å². The van der Waals surface area contributed by atoms with Crippen LogP contribution in [0.2, 0.25) is 0 Å². The van der Waals surface area contributed by atoms with E-state index in [1.165, 1.54) is 0 Å². The van der Waals surface area contributed by atoms with Crippen LogP contribution in [0.1, 0.15) is 31.9 Å². The average Bonchev–Trinajstić information content (AvgIpc) is 2.58. The maximum Gasteiger partial charge on any atom is 0.418 e. The average molecular weight is 384 g/mol. The molecule has 0 unspecified atom stereocenters. The Hall–Kier alpha value is -3.22. The Morgan fingerprint density at radius 1 is 1.00 bits per heavy atom. The number of anilines is 2. The van der Waals surface area contributed by atoms with Crippen LogP contribution in [-0.4, -0.2) is 29.2 Å². The Kier molecular flexibility index (Phi) is 6.87. The summed E-state index contributed by atoms with van der Waals surface area (Å²) in [4.78, 5) is 26.3. The summed E-state index contributed by atoms with van der Waals surface area (Å²) in [5.41, 5.74) is 13.8. The molecule has 0 saturated carbocycles. The van der Waals surface area contributed by atoms with Crippen LogP contribution in [0.15, 0.2) is 48.5 Å². The van der Waals surface area contributed by atoms with Crippen molar-refractivity contribution in [3.63, 3.8) is 0 Å². The van der Waals surface area contributed by atoms with E-state index in [2.05, 4.69) is 5.32 Å². The number of hydrogen-bond donors (Lipinski definition) is 3. The van der Waals surface area contributed by atoms with Crippen molar-refractivity contribution in [2.45, 2.75) is 39.3 Å². The van der Waals surface area contributed by atoms with Crippen molar-refractivity contribution in [2.24, 2.45) is 0 Å². The Balaban J connectivity index is 2.06. The molecule has 7 heteroatoms. The number of urea groups is 1. The summed E-state index contributed by atoms with van der Waals surface area (Å²) in [6, 6.07) is 14.0. The Bertz CT molecular complexity index is 830. The number of carbonyl (C=O) groups is 2. The SMILES string of the molecule is CC(C)(C)OC(=O)N(Cc1cccc(N)c1)C(=O)NCCc1cccc(N)c1. The highest BCUT2D eigenvalue weighted by atomic mass is 16.6. The van der Waals surface area contributed by atoms with Gasteiger partial charge in [-0.15, -0.1) is 0 Å². The molecule has 0 fully saturated rings. The van der Waals surface area contributed by atoms with Gasteiger partial charge in [-0.05, 0) is 62.6 Å². The number of nitrogens with one attached hydrogen (secondary N) is 1. The highest BCUT2D eigenvalue weighted by Crippen LogP contribution is 2.15. The Morgan fingerprint density at radius 2 is 1.57 bits per heavy atom. The summed E-state index contributed by atoms with van der Waals surface area (Å²) >= 11 is 0. The summed E-state index contributed by atoms with van der Waals surface area (Å²) in [5, 5.41) is 2.77. The van der Waals surface area contributed by atoms with Crippen LogP contribution in [0.25, 0.3) is 0 Å². The number of nitrogens with two attached hydrogens (primary N) is 2. The smallest absolute Gasteiger partial charge is 0.418 e. The van der Waals surface area contributed by atoms with Crippen molar-refractivity contribution >= 4 is 23.5 Å². The summed E-state index contributed by atoms with van der Waals surface area (Å²) < 4.78 is 5.38. The molecule has 0 heterocycles. The molecule has 0 atom stereocenters. The maximum atomic E-state index is 12.7. The fourth-order valence-electron chi connectivity index (χ4n) is 2.57. The molecule has 5 N–H and O–H groups in total. The van der Waals surface area contributed by atoms with Crippen molar-refractivity contribution in [1.29, 1.82) is 0 Å². The number of carbonyl (C=O) groups excluding carboxylic acids is 2. The molecule has 28 heavy (non-hydrogen) atoms. The zero-order chi connectivity index (χ0) is 20.7. The van der Waals surface area contributed by atoms with E-state index in [1.54, 1.807) is 51.1 Å². The molecule has 0 aliphatic carbocycles. The number of nitrogens with zero attached hydrogens (tertiary/aromatic N) is 1. The van der Waals surface area contributed by atoms with Gasteiger partial charge in [0, 0.05) is 17.9 Å². The van der Waals surface area contributed by atoms with E-state index < -0.39 is 17.7 Å². The van der Waals surface area contributed by atoms with Crippen LogP contribution in [0.5, 0.6) is 0 Å². The molecule has 2 aromatic carbocycles. The molecular formula is C21H28N4O3. The van der Waals surface area contributed by atoms with E-state index in [0.29, 0.717) is 24.3 Å². The van der Waals surface area contributed by atoms with Gasteiger partial charge in [-0.2, -0.15) is 0 Å². The van der Waals surface area contributed by atoms with Gasteiger partial charge in [-0.25, -0.2) is 14.5 Å². The van der Waals surface area contributed by atoms with E-state index in [1.807, 2.05) is 18.2 Å². The van der Waals surface area contributed by atoms with Crippen LogP contribution in [-0.2, 0) is 17.7 Å². The predicted octanol–water partition coefficient (Wildman–Crippen LogP) is 3.54. The first-order chi connectivity index (χ1) is 13.1. The molecule has 2 aromatic rings. The fourth-order valence-corrected chi connectivity index (χ4v) is 2.57. The number of benzene rings is 2. The van der Waals surface area contributed by atoms with Gasteiger partial charge >= 0.3 is 12.1 Å². The third-order valence-electron chi connectivity index (χ3n) is 3.79. The monoisotopic (exact) mass is 384 g/mol. The molecule has 0 saturated heterocycles. The second kappa shape index (κ2) is 9.12. The zero-order valence-corrected chi connectivity index (χ0v) is 16.6. The number of ether oxygens (including phenoxy) is 1. The summed E-state index contributed by atoms with van der Waals surface area (Å²) in [6.45, 7) is 5.67. The predicted molar refractivity (Wildman–Crippen MR) is 111 cm³/mol. The standard InChI is InChI=1S/C21H28N4O3/c1-21(2,3)28-20(27)25(14-16-7-5-9-18(23)13-16)19(26)24-11-10-15-6-4-8-17(22)12-15/h4-9,12-13H,10-11,14,22-23H2,1-3H3,(H,24,26). The van der Waals surface area contributed by atoms with Gasteiger partial charge in [0.15, 0.2) is 0 Å². The van der Waals surface area contributed by atoms with Crippen molar-refractivity contribution in [3.8, 4) is 0 Å². The minimum Gasteiger partial charge on any atom is -0.443 e. The molecule has 2 rings (SSSR count). The molecule has 7 nitrogen and oxygen atoms in total. The lowest BCUT2D eigenvalue weighted by Crippen LogP contribution is -2.46. The molecule has 150 valence electrons. The third-order valence-corrected chi connectivity index (χ3v) is 3.79. The van der Waals surface area contributed by atoms with Gasteiger partial charge in [-0.1, -0.05) is 24.3 Å². The summed E-state index contributed by atoms with van der Waals surface area (Å²) in [6.07, 6.45) is -0.117. The highest BCUT2D eigenvalue weighted by Gasteiger charge is 2.27. The van der Waals surface area contributed by atoms with Crippen molar-refractivity contribution < 1.29 is 14.3 Å². The van der Waals surface area contributed by atoms with Gasteiger partial charge in [-0.3, -0.25) is 0 Å². The van der Waals surface area contributed by atoms with E-state index in [9.17, 15) is 9.59 Å². The molecule has 0 bridgehead atoms. The van der Waals surface area contributed by atoms with E-state index in [0.717, 1.165) is 16.0 Å². The fraction of sp³-hybridized carbons (Fsp3) is 0.333. The molecular weight excluding hydrogens is 356 g/mol. The molecule has 3 amide bonds. The van der Waals surface area contributed by atoms with Gasteiger partial charge in [0.25, 0.3) is 0 Å². The number of rotatable bonds is 5. The second-order valence-electron chi connectivity index (χ2n) is 7.54. The second-order valence-corrected chi connectivity index (χ2v) is 7.54. The minimum atomic E-state index is -0.715. The topological polar surface area (TPSA) is 111 Å². The van der Waals surface area contributed by atoms with Crippen molar-refractivity contribution in [1.82, 2.24) is 10.2 Å². The molecule has 0 aliphatic heterocycles. The van der Waals surface area contributed by atoms with Gasteiger partial charge in [0.2, 0.25) is 0 Å². The summed E-state index contributed by atoms with van der Waals surface area (Å²) in [5.74, 6) is 0. The van der Waals surface area contributed by atoms with Crippen LogP contribution in [0.4, 0.5) is 21.0 Å². The van der Waals surface area contributed by atoms with Crippen LogP contribution >= 0.6 is 0 Å². The van der Waals surface area contributed by atoms with Gasteiger partial charge < -0.3 is 21.5 Å². The first-order valence-corrected chi connectivity index (χ1v) is 9.11. The molecule has 0 spiro atoms. The lowest BCUT2D eigenvalue weighted by Gasteiger charge is -2.26. The van der Waals surface area contributed by atoms with E-state index in [4.69, 9.17) is 16.2 Å². The number of hydrogen-bond acceptors (Lipinski definition) is 5. The lowest BCUT2D eigenvalue weighted by molar-refractivity contribution is 0.0309. The van der Waals surface area contributed by atoms with E-state index >= 15 is 0 Å². The summed E-state index contributed by atoms with van der Waals surface area (Å²) in [7, 11) is 0. The highest BCUT2D eigenvalue weighted by molar-refractivity contribution is 5.91. The number of imide groups is 1. The maximum absolute atomic E-state index is 12.7. The van der Waals surface area contributed by atoms with Crippen LogP contribution in [0.3, 0.4) is 0 Å². The third kappa shape index (κ3) is 6.83. The Morgan fingerprint density at radius 3 is 2.14 bits per heavy atom. The number of nitrogen functional groups attached to an aromatic ring is 2. The van der Waals surface area contributed by atoms with Gasteiger partial charge in [0.05, 0.1) is 6.54 Å². The van der Waals surface area contributed by atoms with Crippen molar-refractivity contribution in [3.05, 3.63) is 59.7 Å². The molecule has 0 aliphatic rings. The first-order valence-electron chi connectivity index (χ1n) is 9.11. The van der Waals surface area contributed by atoms with Crippen molar-refractivity contribution in [2.75, 3.05) is 18.0 Å². The largest absolute Gasteiger partial charge is 0.443 e. The normalized spacial score (nSPS) is 11.0. The molecule has 0 radical (unpaired) electrons. The van der Waals surface area contributed by atoms with E-state index in [-0.39, 0.29) is 6.54 Å². The van der Waals surface area contributed by atoms with Crippen LogP contribution in [0, 0.1) is 0 Å². The minimum absolute atomic E-state index is 0.0596. The zero-order valence-electron chi connectivity index (χ0n) is 16.6. The molecule has 0 aromatic heterocycles.